The summed E-state index contributed by atoms with van der Waals surface area (Å²) in [6, 6.07) is 4.23. The fourth-order valence-corrected chi connectivity index (χ4v) is 8.40. The average Bonchev–Trinajstić information content (AvgIpc) is 3.48. The smallest absolute Gasteiger partial charge is 0.323 e. The van der Waals surface area contributed by atoms with Crippen LogP contribution in [0, 0.1) is 28.6 Å². The van der Waals surface area contributed by atoms with E-state index in [1.54, 1.807) is 5.57 Å². The molecule has 0 radical (unpaired) electrons. The molecule has 1 aromatic heterocycles. The van der Waals surface area contributed by atoms with Crippen molar-refractivity contribution < 1.29 is 9.53 Å². The first-order chi connectivity index (χ1) is 16.0. The zero-order valence-electron chi connectivity index (χ0n) is 20.2. The second-order valence-corrected chi connectivity index (χ2v) is 11.8. The third-order valence-corrected chi connectivity index (χ3v) is 10.2. The van der Waals surface area contributed by atoms with Gasteiger partial charge in [0.2, 0.25) is 0 Å². The standard InChI is InChI=1S/C29H38N2O2/c1-28-13-11-21(33-27(32)26-6-4-16-31-26)17-20(28)7-8-22-24-10-9-23(19-5-3-15-30-18-19)29(24,2)14-12-25(22)28/h3,5,7,9,15,18,21-22,24-26,31H,4,6,8,10-14,16-17H2,1-2H3/t21-,22-,24-,25-,26-,28-,29+/m0/s1. The number of pyridine rings is 1. The van der Waals surface area contributed by atoms with Crippen molar-refractivity contribution in [1.82, 2.24) is 10.3 Å². The number of carbonyl (C=O) groups excluding carboxylic acids is 1. The second-order valence-electron chi connectivity index (χ2n) is 11.8. The summed E-state index contributed by atoms with van der Waals surface area (Å²) in [4.78, 5) is 17.0. The number of hydrogen-bond acceptors (Lipinski definition) is 4. The normalized spacial score (nSPS) is 41.9. The van der Waals surface area contributed by atoms with Gasteiger partial charge in [-0.2, -0.15) is 0 Å². The molecule has 3 fully saturated rings. The molecule has 7 atom stereocenters. The van der Waals surface area contributed by atoms with Crippen LogP contribution in [-0.4, -0.2) is 29.6 Å². The van der Waals surface area contributed by atoms with Crippen molar-refractivity contribution >= 4 is 11.5 Å². The van der Waals surface area contributed by atoms with E-state index in [2.05, 4.69) is 54.6 Å². The minimum Gasteiger partial charge on any atom is -0.461 e. The molecule has 1 saturated heterocycles. The first kappa shape index (κ1) is 21.6. The van der Waals surface area contributed by atoms with E-state index in [1.165, 1.54) is 36.8 Å². The molecule has 1 N–H and O–H groups in total. The number of ether oxygens (including phenoxy) is 1. The predicted molar refractivity (Wildman–Crippen MR) is 130 cm³/mol. The van der Waals surface area contributed by atoms with Gasteiger partial charge in [0.15, 0.2) is 0 Å². The Hall–Kier alpha value is -1.94. The summed E-state index contributed by atoms with van der Waals surface area (Å²) in [5, 5.41) is 3.29. The molecular weight excluding hydrogens is 408 g/mol. The van der Waals surface area contributed by atoms with Crippen LogP contribution in [0.15, 0.2) is 42.3 Å². The lowest BCUT2D eigenvalue weighted by Gasteiger charge is -2.57. The third kappa shape index (κ3) is 3.43. The van der Waals surface area contributed by atoms with Gasteiger partial charge in [-0.15, -0.1) is 0 Å². The number of fused-ring (bicyclic) bond motifs is 5. The molecule has 176 valence electrons. The van der Waals surface area contributed by atoms with E-state index >= 15 is 0 Å². The Balaban J connectivity index is 1.19. The van der Waals surface area contributed by atoms with Crippen LogP contribution in [0.1, 0.15) is 77.2 Å². The highest BCUT2D eigenvalue weighted by Crippen LogP contribution is 2.66. The lowest BCUT2D eigenvalue weighted by atomic mass is 9.47. The lowest BCUT2D eigenvalue weighted by Crippen LogP contribution is -2.50. The molecule has 2 saturated carbocycles. The van der Waals surface area contributed by atoms with Gasteiger partial charge in [-0.05, 0) is 104 Å². The summed E-state index contributed by atoms with van der Waals surface area (Å²) in [5.74, 6) is 2.21. The highest BCUT2D eigenvalue weighted by Gasteiger charge is 2.57. The second kappa shape index (κ2) is 8.08. The van der Waals surface area contributed by atoms with Crippen molar-refractivity contribution in [2.24, 2.45) is 28.6 Å². The number of carbonyl (C=O) groups is 1. The van der Waals surface area contributed by atoms with Crippen molar-refractivity contribution in [2.45, 2.75) is 83.8 Å². The molecule has 2 heterocycles. The number of aromatic nitrogens is 1. The fraction of sp³-hybridized carbons (Fsp3) is 0.655. The molecular formula is C29H38N2O2. The van der Waals surface area contributed by atoms with Crippen molar-refractivity contribution in [3.63, 3.8) is 0 Å². The van der Waals surface area contributed by atoms with Crippen LogP contribution >= 0.6 is 0 Å². The van der Waals surface area contributed by atoms with Gasteiger partial charge in [-0.25, -0.2) is 0 Å². The maximum Gasteiger partial charge on any atom is 0.323 e. The first-order valence-electron chi connectivity index (χ1n) is 13.2. The number of hydrogen-bond donors (Lipinski definition) is 1. The van der Waals surface area contributed by atoms with Crippen molar-refractivity contribution in [3.8, 4) is 0 Å². The van der Waals surface area contributed by atoms with E-state index < -0.39 is 0 Å². The highest BCUT2D eigenvalue weighted by atomic mass is 16.5. The summed E-state index contributed by atoms with van der Waals surface area (Å²) < 4.78 is 6.00. The average molecular weight is 447 g/mol. The van der Waals surface area contributed by atoms with E-state index in [-0.39, 0.29) is 28.9 Å². The van der Waals surface area contributed by atoms with Crippen LogP contribution in [0.4, 0.5) is 0 Å². The number of rotatable bonds is 3. The van der Waals surface area contributed by atoms with E-state index in [0.29, 0.717) is 0 Å². The summed E-state index contributed by atoms with van der Waals surface area (Å²) in [7, 11) is 0. The number of nitrogens with one attached hydrogen (secondary N) is 1. The molecule has 6 rings (SSSR count). The quantitative estimate of drug-likeness (QED) is 0.478. The molecule has 4 heteroatoms. The molecule has 4 nitrogen and oxygen atoms in total. The molecule has 33 heavy (non-hydrogen) atoms. The van der Waals surface area contributed by atoms with Crippen molar-refractivity contribution in [1.29, 1.82) is 0 Å². The van der Waals surface area contributed by atoms with E-state index in [9.17, 15) is 4.79 Å². The summed E-state index contributed by atoms with van der Waals surface area (Å²) in [5.41, 5.74) is 4.98. The predicted octanol–water partition coefficient (Wildman–Crippen LogP) is 5.70. The third-order valence-electron chi connectivity index (χ3n) is 10.2. The highest BCUT2D eigenvalue weighted by molar-refractivity contribution is 5.76. The van der Waals surface area contributed by atoms with E-state index in [4.69, 9.17) is 4.74 Å². The molecule has 0 unspecified atom stereocenters. The maximum absolute atomic E-state index is 12.6. The van der Waals surface area contributed by atoms with Crippen LogP contribution < -0.4 is 5.32 Å². The maximum atomic E-state index is 12.6. The number of esters is 1. The molecule has 4 aliphatic carbocycles. The minimum absolute atomic E-state index is 0.0243. The number of allylic oxidation sites excluding steroid dienone is 3. The lowest BCUT2D eigenvalue weighted by molar-refractivity contribution is -0.153. The minimum atomic E-state index is -0.0806. The Morgan fingerprint density at radius 2 is 1.97 bits per heavy atom. The molecule has 0 aromatic carbocycles. The Morgan fingerprint density at radius 3 is 2.76 bits per heavy atom. The topological polar surface area (TPSA) is 51.2 Å². The van der Waals surface area contributed by atoms with Crippen molar-refractivity contribution in [3.05, 3.63) is 47.8 Å². The van der Waals surface area contributed by atoms with Gasteiger partial charge < -0.3 is 10.1 Å². The van der Waals surface area contributed by atoms with Gasteiger partial charge in [0.25, 0.3) is 0 Å². The molecule has 0 bridgehead atoms. The Labute approximate surface area is 198 Å². The fourth-order valence-electron chi connectivity index (χ4n) is 8.40. The molecule has 0 amide bonds. The van der Waals surface area contributed by atoms with Crippen LogP contribution in [0.3, 0.4) is 0 Å². The summed E-state index contributed by atoms with van der Waals surface area (Å²) in [6.45, 7) is 5.99. The zero-order valence-corrected chi connectivity index (χ0v) is 20.2. The first-order valence-corrected chi connectivity index (χ1v) is 13.2. The zero-order chi connectivity index (χ0) is 22.6. The van der Waals surface area contributed by atoms with E-state index in [0.717, 1.165) is 56.4 Å². The monoisotopic (exact) mass is 446 g/mol. The van der Waals surface area contributed by atoms with Gasteiger partial charge in [0, 0.05) is 18.8 Å². The SMILES string of the molecule is C[C@]12CC[C@H](OC(=O)[C@@H]3CCCN3)CC1=CC[C@@H]1[C@@H]2CC[C@]2(C)C(c3cccnc3)=CC[C@@H]12. The molecule has 1 aromatic rings. The van der Waals surface area contributed by atoms with Gasteiger partial charge in [-0.3, -0.25) is 9.78 Å². The Kier molecular flexibility index (Phi) is 5.28. The van der Waals surface area contributed by atoms with Crippen LogP contribution in [-0.2, 0) is 9.53 Å². The van der Waals surface area contributed by atoms with Crippen LogP contribution in [0.5, 0.6) is 0 Å². The van der Waals surface area contributed by atoms with Crippen molar-refractivity contribution in [2.75, 3.05) is 6.54 Å². The summed E-state index contributed by atoms with van der Waals surface area (Å²) in [6.07, 6.45) is 19.2. The van der Waals surface area contributed by atoms with Crippen LogP contribution in [0.2, 0.25) is 0 Å². The Bertz CT molecular complexity index is 979. The summed E-state index contributed by atoms with van der Waals surface area (Å²) >= 11 is 0. The van der Waals surface area contributed by atoms with Gasteiger partial charge >= 0.3 is 5.97 Å². The van der Waals surface area contributed by atoms with Crippen LogP contribution in [0.25, 0.3) is 5.57 Å². The van der Waals surface area contributed by atoms with Gasteiger partial charge in [0.1, 0.15) is 12.1 Å². The van der Waals surface area contributed by atoms with Gasteiger partial charge in [0.05, 0.1) is 0 Å². The van der Waals surface area contributed by atoms with E-state index in [1.807, 2.05) is 6.20 Å². The Morgan fingerprint density at radius 1 is 1.09 bits per heavy atom. The molecule has 0 spiro atoms. The largest absolute Gasteiger partial charge is 0.461 e. The molecule has 1 aliphatic heterocycles. The number of nitrogens with zero attached hydrogens (tertiary/aromatic N) is 1. The van der Waals surface area contributed by atoms with Gasteiger partial charge in [-0.1, -0.05) is 37.6 Å². The molecule has 5 aliphatic rings.